The Hall–Kier alpha value is -0.400. The third kappa shape index (κ3) is 7.94. The largest absolute Gasteiger partial charge is 0.481 e. The molecule has 0 aliphatic heterocycles. The van der Waals surface area contributed by atoms with Crippen LogP contribution in [0.3, 0.4) is 0 Å². The van der Waals surface area contributed by atoms with Crippen LogP contribution in [0.5, 0.6) is 0 Å². The molecule has 5 nitrogen and oxygen atoms in total. The van der Waals surface area contributed by atoms with Gasteiger partial charge >= 0.3 is 11.9 Å². The normalized spacial score (nSPS) is 12.4. The van der Waals surface area contributed by atoms with E-state index in [9.17, 15) is 9.59 Å². The SMILES string of the molecule is N[C@@H](CCSSCC(=O)O)C(=O)O. The highest BCUT2D eigenvalue weighted by Gasteiger charge is 2.10. The standard InChI is InChI=1S/C6H11NO4S2/c7-4(6(10)11)1-2-12-13-3-5(8)9/h4H,1-3,7H2,(H,8,9)(H,10,11)/t4-/m0/s1. The molecule has 0 heterocycles. The van der Waals surface area contributed by atoms with Crippen LogP contribution < -0.4 is 5.73 Å². The van der Waals surface area contributed by atoms with E-state index >= 15 is 0 Å². The molecule has 0 spiro atoms. The Balaban J connectivity index is 3.26. The lowest BCUT2D eigenvalue weighted by molar-refractivity contribution is -0.138. The van der Waals surface area contributed by atoms with E-state index in [-0.39, 0.29) is 5.75 Å². The summed E-state index contributed by atoms with van der Waals surface area (Å²) in [5.74, 6) is -1.33. The first-order valence-electron chi connectivity index (χ1n) is 3.48. The summed E-state index contributed by atoms with van der Waals surface area (Å²) in [7, 11) is 2.50. The monoisotopic (exact) mass is 225 g/mol. The second-order valence-electron chi connectivity index (χ2n) is 2.21. The van der Waals surface area contributed by atoms with Crippen molar-refractivity contribution in [3.05, 3.63) is 0 Å². The maximum atomic E-state index is 10.2. The van der Waals surface area contributed by atoms with E-state index in [4.69, 9.17) is 15.9 Å². The lowest BCUT2D eigenvalue weighted by Gasteiger charge is -2.03. The Morgan fingerprint density at radius 1 is 1.31 bits per heavy atom. The minimum absolute atomic E-state index is 0.0208. The van der Waals surface area contributed by atoms with Gasteiger partial charge in [0.1, 0.15) is 11.8 Å². The van der Waals surface area contributed by atoms with Gasteiger partial charge in [0.2, 0.25) is 0 Å². The van der Waals surface area contributed by atoms with Crippen LogP contribution in [-0.4, -0.2) is 39.7 Å². The van der Waals surface area contributed by atoms with Crippen LogP contribution in [-0.2, 0) is 9.59 Å². The Kier molecular flexibility index (Phi) is 6.83. The van der Waals surface area contributed by atoms with Crippen molar-refractivity contribution in [1.82, 2.24) is 0 Å². The van der Waals surface area contributed by atoms with E-state index in [1.807, 2.05) is 0 Å². The predicted molar refractivity (Wildman–Crippen MR) is 52.8 cm³/mol. The van der Waals surface area contributed by atoms with E-state index < -0.39 is 18.0 Å². The first-order chi connectivity index (χ1) is 6.04. The van der Waals surface area contributed by atoms with Crippen molar-refractivity contribution in [2.24, 2.45) is 5.73 Å². The van der Waals surface area contributed by atoms with Gasteiger partial charge in [-0.25, -0.2) is 0 Å². The van der Waals surface area contributed by atoms with Crippen molar-refractivity contribution >= 4 is 33.5 Å². The van der Waals surface area contributed by atoms with Crippen molar-refractivity contribution in [2.75, 3.05) is 11.5 Å². The molecule has 0 amide bonds. The van der Waals surface area contributed by atoms with Crippen LogP contribution in [0.25, 0.3) is 0 Å². The Labute approximate surface area is 83.5 Å². The van der Waals surface area contributed by atoms with Crippen LogP contribution in [0.1, 0.15) is 6.42 Å². The fraction of sp³-hybridized carbons (Fsp3) is 0.667. The number of carboxylic acids is 2. The van der Waals surface area contributed by atoms with Gasteiger partial charge in [0.15, 0.2) is 0 Å². The average Bonchev–Trinajstić information content (AvgIpc) is 2.02. The Morgan fingerprint density at radius 2 is 1.92 bits per heavy atom. The maximum absolute atomic E-state index is 10.2. The molecule has 1 atom stereocenters. The van der Waals surface area contributed by atoms with Crippen molar-refractivity contribution in [1.29, 1.82) is 0 Å². The molecule has 13 heavy (non-hydrogen) atoms. The van der Waals surface area contributed by atoms with Gasteiger partial charge in [0, 0.05) is 5.75 Å². The lowest BCUT2D eigenvalue weighted by atomic mass is 10.2. The van der Waals surface area contributed by atoms with Gasteiger partial charge in [-0.3, -0.25) is 9.59 Å². The summed E-state index contributed by atoms with van der Waals surface area (Å²) >= 11 is 0. The number of carbonyl (C=O) groups is 2. The minimum Gasteiger partial charge on any atom is -0.481 e. The molecule has 0 aromatic carbocycles. The van der Waals surface area contributed by atoms with Crippen molar-refractivity contribution in [2.45, 2.75) is 12.5 Å². The highest BCUT2D eigenvalue weighted by atomic mass is 33.1. The zero-order valence-electron chi connectivity index (χ0n) is 6.80. The maximum Gasteiger partial charge on any atom is 0.320 e. The average molecular weight is 225 g/mol. The summed E-state index contributed by atoms with van der Waals surface area (Å²) < 4.78 is 0. The first-order valence-corrected chi connectivity index (χ1v) is 5.97. The minimum atomic E-state index is -1.02. The molecule has 0 unspecified atom stereocenters. The van der Waals surface area contributed by atoms with Gasteiger partial charge in [-0.05, 0) is 6.42 Å². The Bertz CT molecular complexity index is 187. The summed E-state index contributed by atoms with van der Waals surface area (Å²) in [4.78, 5) is 20.3. The molecule has 0 saturated heterocycles. The van der Waals surface area contributed by atoms with E-state index in [1.54, 1.807) is 0 Å². The third-order valence-electron chi connectivity index (χ3n) is 1.10. The quantitative estimate of drug-likeness (QED) is 0.422. The summed E-state index contributed by atoms with van der Waals surface area (Å²) in [6.07, 6.45) is 0.354. The van der Waals surface area contributed by atoms with Gasteiger partial charge in [0.05, 0.1) is 0 Å². The third-order valence-corrected chi connectivity index (χ3v) is 3.38. The Morgan fingerprint density at radius 3 is 2.38 bits per heavy atom. The van der Waals surface area contributed by atoms with Crippen LogP contribution in [0.4, 0.5) is 0 Å². The summed E-state index contributed by atoms with van der Waals surface area (Å²) in [6, 6.07) is -0.849. The zero-order valence-corrected chi connectivity index (χ0v) is 8.44. The molecule has 0 aliphatic rings. The number of carboxylic acid groups (broad SMARTS) is 2. The second-order valence-corrected chi connectivity index (χ2v) is 4.79. The van der Waals surface area contributed by atoms with Crippen molar-refractivity contribution in [3.63, 3.8) is 0 Å². The second kappa shape index (κ2) is 7.05. The topological polar surface area (TPSA) is 101 Å². The van der Waals surface area contributed by atoms with Crippen LogP contribution in [0.15, 0.2) is 0 Å². The number of hydrogen-bond donors (Lipinski definition) is 3. The van der Waals surface area contributed by atoms with Gasteiger partial charge in [-0.2, -0.15) is 0 Å². The van der Waals surface area contributed by atoms with Gasteiger partial charge < -0.3 is 15.9 Å². The van der Waals surface area contributed by atoms with Crippen LogP contribution >= 0.6 is 21.6 Å². The van der Waals surface area contributed by atoms with Gasteiger partial charge in [-0.15, -0.1) is 0 Å². The number of nitrogens with two attached hydrogens (primary N) is 1. The van der Waals surface area contributed by atoms with Crippen LogP contribution in [0, 0.1) is 0 Å². The number of rotatable bonds is 7. The van der Waals surface area contributed by atoms with Gasteiger partial charge in [0.25, 0.3) is 0 Å². The molecular weight excluding hydrogens is 214 g/mol. The fourth-order valence-corrected chi connectivity index (χ4v) is 2.30. The molecule has 7 heteroatoms. The highest BCUT2D eigenvalue weighted by molar-refractivity contribution is 8.76. The van der Waals surface area contributed by atoms with Crippen LogP contribution in [0.2, 0.25) is 0 Å². The molecule has 0 aromatic rings. The summed E-state index contributed by atoms with van der Waals surface area (Å²) in [5.41, 5.74) is 5.22. The zero-order chi connectivity index (χ0) is 10.3. The van der Waals surface area contributed by atoms with E-state index in [0.717, 1.165) is 0 Å². The van der Waals surface area contributed by atoms with E-state index in [2.05, 4.69) is 0 Å². The summed E-state index contributed by atoms with van der Waals surface area (Å²) in [5, 5.41) is 16.6. The molecule has 0 bridgehead atoms. The van der Waals surface area contributed by atoms with Crippen molar-refractivity contribution in [3.8, 4) is 0 Å². The molecule has 0 aromatic heterocycles. The molecule has 76 valence electrons. The van der Waals surface area contributed by atoms with E-state index in [1.165, 1.54) is 21.6 Å². The van der Waals surface area contributed by atoms with Gasteiger partial charge in [-0.1, -0.05) is 21.6 Å². The van der Waals surface area contributed by atoms with Crippen molar-refractivity contribution < 1.29 is 19.8 Å². The molecule has 4 N–H and O–H groups in total. The molecule has 0 aliphatic carbocycles. The highest BCUT2D eigenvalue weighted by Crippen LogP contribution is 2.21. The summed E-state index contributed by atoms with van der Waals surface area (Å²) in [6.45, 7) is 0. The number of hydrogen-bond acceptors (Lipinski definition) is 5. The predicted octanol–water partition coefficient (Wildman–Crippen LogP) is 0.254. The lowest BCUT2D eigenvalue weighted by Crippen LogP contribution is -2.30. The molecule has 0 rings (SSSR count). The molecule has 0 fully saturated rings. The molecule has 0 saturated carbocycles. The fourth-order valence-electron chi connectivity index (χ4n) is 0.450. The van der Waals surface area contributed by atoms with E-state index in [0.29, 0.717) is 12.2 Å². The smallest absolute Gasteiger partial charge is 0.320 e. The molecule has 0 radical (unpaired) electrons. The first kappa shape index (κ1) is 12.6. The molecular formula is C6H11NO4S2. The number of aliphatic carboxylic acids is 2.